The molecule has 0 saturated carbocycles. The molecule has 0 aliphatic carbocycles. The van der Waals surface area contributed by atoms with E-state index in [1.807, 2.05) is 19.2 Å². The quantitative estimate of drug-likeness (QED) is 0.899. The van der Waals surface area contributed by atoms with Crippen LogP contribution in [0, 0.1) is 11.6 Å². The number of thiophene rings is 1. The van der Waals surface area contributed by atoms with E-state index in [0.29, 0.717) is 0 Å². The van der Waals surface area contributed by atoms with Crippen molar-refractivity contribution < 1.29 is 13.5 Å². The van der Waals surface area contributed by atoms with Crippen molar-refractivity contribution in [3.05, 3.63) is 51.7 Å². The summed E-state index contributed by atoms with van der Waals surface area (Å²) in [5, 5.41) is 3.05. The Morgan fingerprint density at radius 3 is 2.72 bits per heavy atom. The maximum atomic E-state index is 13.3. The van der Waals surface area contributed by atoms with Crippen molar-refractivity contribution in [1.29, 1.82) is 0 Å². The van der Waals surface area contributed by atoms with E-state index in [1.54, 1.807) is 11.3 Å². The van der Waals surface area contributed by atoms with E-state index in [9.17, 15) is 8.78 Å². The predicted octanol–water partition coefficient (Wildman–Crippen LogP) is 3.32. The summed E-state index contributed by atoms with van der Waals surface area (Å²) in [5.41, 5.74) is 0. The summed E-state index contributed by atoms with van der Waals surface area (Å²) in [6, 6.07) is 7.82. The molecular weight excluding hydrogens is 256 g/mol. The van der Waals surface area contributed by atoms with Gasteiger partial charge in [0.2, 0.25) is 5.82 Å². The number of benzene rings is 1. The molecule has 2 rings (SSSR count). The van der Waals surface area contributed by atoms with Gasteiger partial charge in [-0.3, -0.25) is 0 Å². The van der Waals surface area contributed by atoms with Crippen molar-refractivity contribution in [1.82, 2.24) is 5.32 Å². The lowest BCUT2D eigenvalue weighted by atomic mass is 10.3. The second kappa shape index (κ2) is 5.93. The minimum Gasteiger partial charge on any atom is -0.485 e. The van der Waals surface area contributed by atoms with Crippen LogP contribution in [-0.2, 0) is 13.2 Å². The Balaban J connectivity index is 2.00. The molecule has 2 nitrogen and oxygen atoms in total. The van der Waals surface area contributed by atoms with E-state index in [4.69, 9.17) is 4.74 Å². The van der Waals surface area contributed by atoms with E-state index in [2.05, 4.69) is 5.32 Å². The third kappa shape index (κ3) is 3.05. The lowest BCUT2D eigenvalue weighted by Gasteiger charge is -2.05. The van der Waals surface area contributed by atoms with Crippen LogP contribution >= 0.6 is 11.3 Å². The molecule has 0 radical (unpaired) electrons. The standard InChI is InChI=1S/C13H13F2NOS/c1-16-7-9-5-6-10(18-9)8-17-12-4-2-3-11(14)13(12)15/h2-6,16H,7-8H2,1H3. The number of ether oxygens (including phenoxy) is 1. The minimum atomic E-state index is -0.940. The van der Waals surface area contributed by atoms with Crippen molar-refractivity contribution in [2.75, 3.05) is 7.05 Å². The van der Waals surface area contributed by atoms with Crippen LogP contribution in [0.4, 0.5) is 8.78 Å². The Kier molecular flexibility index (Phi) is 4.28. The predicted molar refractivity (Wildman–Crippen MR) is 67.8 cm³/mol. The van der Waals surface area contributed by atoms with Gasteiger partial charge in [0.15, 0.2) is 11.6 Å². The maximum absolute atomic E-state index is 13.3. The van der Waals surface area contributed by atoms with Crippen LogP contribution in [0.1, 0.15) is 9.75 Å². The van der Waals surface area contributed by atoms with E-state index in [0.717, 1.165) is 17.5 Å². The SMILES string of the molecule is CNCc1ccc(COc2cccc(F)c2F)s1. The lowest BCUT2D eigenvalue weighted by Crippen LogP contribution is -2.02. The molecule has 1 N–H and O–H groups in total. The second-order valence-electron chi connectivity index (χ2n) is 3.74. The summed E-state index contributed by atoms with van der Waals surface area (Å²) in [4.78, 5) is 2.15. The summed E-state index contributed by atoms with van der Waals surface area (Å²) in [6.07, 6.45) is 0. The van der Waals surface area contributed by atoms with Crippen LogP contribution in [0.5, 0.6) is 5.75 Å². The molecule has 0 fully saturated rings. The average molecular weight is 269 g/mol. The van der Waals surface area contributed by atoms with Crippen molar-refractivity contribution in [2.24, 2.45) is 0 Å². The molecule has 0 amide bonds. The smallest absolute Gasteiger partial charge is 0.200 e. The Morgan fingerprint density at radius 2 is 1.94 bits per heavy atom. The van der Waals surface area contributed by atoms with Crippen LogP contribution in [-0.4, -0.2) is 7.05 Å². The molecule has 0 spiro atoms. The molecule has 1 heterocycles. The van der Waals surface area contributed by atoms with Crippen LogP contribution in [0.2, 0.25) is 0 Å². The lowest BCUT2D eigenvalue weighted by molar-refractivity contribution is 0.287. The summed E-state index contributed by atoms with van der Waals surface area (Å²) < 4.78 is 31.5. The van der Waals surface area contributed by atoms with Crippen LogP contribution in [0.3, 0.4) is 0 Å². The molecule has 1 aromatic heterocycles. The van der Waals surface area contributed by atoms with Gasteiger partial charge < -0.3 is 10.1 Å². The molecule has 0 atom stereocenters. The van der Waals surface area contributed by atoms with Gasteiger partial charge in [0.05, 0.1) is 0 Å². The van der Waals surface area contributed by atoms with Crippen LogP contribution < -0.4 is 10.1 Å². The monoisotopic (exact) mass is 269 g/mol. The fourth-order valence-electron chi connectivity index (χ4n) is 1.51. The summed E-state index contributed by atoms with van der Waals surface area (Å²) in [7, 11) is 1.87. The highest BCUT2D eigenvalue weighted by molar-refractivity contribution is 7.11. The van der Waals surface area contributed by atoms with Gasteiger partial charge >= 0.3 is 0 Å². The van der Waals surface area contributed by atoms with Crippen molar-refractivity contribution >= 4 is 11.3 Å². The summed E-state index contributed by atoms with van der Waals surface area (Å²) >= 11 is 1.58. The molecule has 0 saturated heterocycles. The zero-order chi connectivity index (χ0) is 13.0. The van der Waals surface area contributed by atoms with Gasteiger partial charge in [-0.15, -0.1) is 11.3 Å². The van der Waals surface area contributed by atoms with Crippen molar-refractivity contribution in [3.8, 4) is 5.75 Å². The van der Waals surface area contributed by atoms with Gasteiger partial charge in [-0.2, -0.15) is 4.39 Å². The van der Waals surface area contributed by atoms with E-state index >= 15 is 0 Å². The molecule has 5 heteroatoms. The molecule has 96 valence electrons. The van der Waals surface area contributed by atoms with Gasteiger partial charge in [0.1, 0.15) is 6.61 Å². The molecule has 2 aromatic rings. The summed E-state index contributed by atoms with van der Waals surface area (Å²) in [6.45, 7) is 1.04. The Labute approximate surface area is 108 Å². The van der Waals surface area contributed by atoms with Gasteiger partial charge in [0, 0.05) is 16.3 Å². The third-order valence-electron chi connectivity index (χ3n) is 2.35. The fourth-order valence-corrected chi connectivity index (χ4v) is 2.46. The van der Waals surface area contributed by atoms with Crippen LogP contribution in [0.15, 0.2) is 30.3 Å². The third-order valence-corrected chi connectivity index (χ3v) is 3.41. The van der Waals surface area contributed by atoms with E-state index < -0.39 is 11.6 Å². The number of halogens is 2. The first-order valence-corrected chi connectivity index (χ1v) is 6.31. The fraction of sp³-hybridized carbons (Fsp3) is 0.231. The Hall–Kier alpha value is -1.46. The van der Waals surface area contributed by atoms with E-state index in [1.165, 1.54) is 17.0 Å². The molecule has 0 aliphatic rings. The molecule has 0 bridgehead atoms. The second-order valence-corrected chi connectivity index (χ2v) is 4.99. The van der Waals surface area contributed by atoms with Gasteiger partial charge in [-0.05, 0) is 31.3 Å². The average Bonchev–Trinajstić information content (AvgIpc) is 2.79. The first kappa shape index (κ1) is 13.0. The number of hydrogen-bond acceptors (Lipinski definition) is 3. The van der Waals surface area contributed by atoms with Crippen molar-refractivity contribution in [3.63, 3.8) is 0 Å². The van der Waals surface area contributed by atoms with Crippen molar-refractivity contribution in [2.45, 2.75) is 13.2 Å². The zero-order valence-electron chi connectivity index (χ0n) is 9.87. The van der Waals surface area contributed by atoms with Crippen LogP contribution in [0.25, 0.3) is 0 Å². The number of nitrogens with one attached hydrogen (secondary N) is 1. The Bertz CT molecular complexity index is 527. The molecule has 0 aliphatic heterocycles. The molecular formula is C13H13F2NOS. The minimum absolute atomic E-state index is 0.0569. The zero-order valence-corrected chi connectivity index (χ0v) is 10.7. The number of rotatable bonds is 5. The highest BCUT2D eigenvalue weighted by Crippen LogP contribution is 2.22. The van der Waals surface area contributed by atoms with E-state index in [-0.39, 0.29) is 12.4 Å². The maximum Gasteiger partial charge on any atom is 0.200 e. The normalized spacial score (nSPS) is 10.6. The number of hydrogen-bond donors (Lipinski definition) is 1. The largest absolute Gasteiger partial charge is 0.485 e. The highest BCUT2D eigenvalue weighted by atomic mass is 32.1. The molecule has 1 aromatic carbocycles. The van der Waals surface area contributed by atoms with Gasteiger partial charge in [-0.25, -0.2) is 4.39 Å². The summed E-state index contributed by atoms with van der Waals surface area (Å²) in [5.74, 6) is -1.89. The van der Waals surface area contributed by atoms with Gasteiger partial charge in [0.25, 0.3) is 0 Å². The first-order chi connectivity index (χ1) is 8.70. The first-order valence-electron chi connectivity index (χ1n) is 5.49. The highest BCUT2D eigenvalue weighted by Gasteiger charge is 2.09. The van der Waals surface area contributed by atoms with Gasteiger partial charge in [-0.1, -0.05) is 6.07 Å². The molecule has 18 heavy (non-hydrogen) atoms. The Morgan fingerprint density at radius 1 is 1.17 bits per heavy atom. The molecule has 0 unspecified atom stereocenters. The topological polar surface area (TPSA) is 21.3 Å².